The Labute approximate surface area is 147 Å². The Morgan fingerprint density at radius 2 is 1.84 bits per heavy atom. The Bertz CT molecular complexity index is 874. The van der Waals surface area contributed by atoms with Gasteiger partial charge in [-0.25, -0.2) is 0 Å². The maximum atomic E-state index is 12.9. The number of benzene rings is 1. The van der Waals surface area contributed by atoms with Crippen LogP contribution in [0.4, 0.5) is 0 Å². The minimum absolute atomic E-state index is 0.514. The van der Waals surface area contributed by atoms with E-state index in [2.05, 4.69) is 0 Å². The third-order valence-electron chi connectivity index (χ3n) is 3.84. The smallest absolute Gasteiger partial charge is 0.377 e. The molecule has 0 bridgehead atoms. The summed E-state index contributed by atoms with van der Waals surface area (Å²) in [5.74, 6) is 0.749. The summed E-state index contributed by atoms with van der Waals surface area (Å²) in [6.07, 6.45) is 7.30. The predicted molar refractivity (Wildman–Crippen MR) is 98.9 cm³/mol. The number of furan rings is 1. The van der Waals surface area contributed by atoms with Gasteiger partial charge in [-0.2, -0.15) is 0 Å². The predicted octanol–water partition coefficient (Wildman–Crippen LogP) is 4.41. The lowest BCUT2D eigenvalue weighted by atomic mass is 10.2. The number of nitrogens with zero attached hydrogens (tertiary/aromatic N) is 1. The van der Waals surface area contributed by atoms with E-state index in [1.54, 1.807) is 6.26 Å². The maximum absolute atomic E-state index is 12.9. The highest BCUT2D eigenvalue weighted by atomic mass is 31.2. The number of hydrogen-bond donors (Lipinski definition) is 0. The molecular weight excluding hydrogens is 337 g/mol. The molecule has 0 spiro atoms. The summed E-state index contributed by atoms with van der Waals surface area (Å²) in [7, 11) is -0.583. The van der Waals surface area contributed by atoms with Crippen LogP contribution in [-0.2, 0) is 20.2 Å². The molecular formula is C19H20NO4P. The molecule has 0 aliphatic rings. The molecule has 0 fully saturated rings. The Balaban J connectivity index is 1.97. The van der Waals surface area contributed by atoms with Crippen molar-refractivity contribution >= 4 is 25.2 Å². The molecule has 0 N–H and O–H groups in total. The lowest BCUT2D eigenvalue weighted by Gasteiger charge is -2.16. The largest absolute Gasteiger partial charge is 0.465 e. The summed E-state index contributed by atoms with van der Waals surface area (Å²) in [5.41, 5.74) is 2.50. The van der Waals surface area contributed by atoms with Crippen LogP contribution in [0, 0.1) is 0 Å². The summed E-state index contributed by atoms with van der Waals surface area (Å²) in [6, 6.07) is 15.5. The Hall–Kier alpha value is -2.33. The number of aromatic nitrogens is 1. The molecule has 0 atom stereocenters. The summed E-state index contributed by atoms with van der Waals surface area (Å²) in [6.45, 7) is 0.571. The van der Waals surface area contributed by atoms with E-state index in [-0.39, 0.29) is 0 Å². The van der Waals surface area contributed by atoms with Crippen LogP contribution in [0.15, 0.2) is 65.4 Å². The van der Waals surface area contributed by atoms with Gasteiger partial charge in [-0.05, 0) is 41.5 Å². The average molecular weight is 357 g/mol. The van der Waals surface area contributed by atoms with E-state index in [0.717, 1.165) is 16.9 Å². The van der Waals surface area contributed by atoms with Crippen molar-refractivity contribution in [2.45, 2.75) is 6.54 Å². The summed E-state index contributed by atoms with van der Waals surface area (Å²) in [5, 5.41) is 0. The third-order valence-corrected chi connectivity index (χ3v) is 5.74. The van der Waals surface area contributed by atoms with Gasteiger partial charge in [0.05, 0.1) is 6.26 Å². The van der Waals surface area contributed by atoms with Crippen molar-refractivity contribution in [1.29, 1.82) is 0 Å². The van der Waals surface area contributed by atoms with Gasteiger partial charge in [-0.15, -0.1) is 0 Å². The topological polar surface area (TPSA) is 53.6 Å². The van der Waals surface area contributed by atoms with Crippen molar-refractivity contribution in [3.05, 3.63) is 77.9 Å². The molecule has 130 valence electrons. The van der Waals surface area contributed by atoms with E-state index < -0.39 is 7.60 Å². The summed E-state index contributed by atoms with van der Waals surface area (Å²) >= 11 is 0. The van der Waals surface area contributed by atoms with Crippen molar-refractivity contribution in [3.63, 3.8) is 0 Å². The Morgan fingerprint density at radius 1 is 1.08 bits per heavy atom. The second kappa shape index (κ2) is 7.70. The lowest BCUT2D eigenvalue weighted by Crippen LogP contribution is -2.19. The van der Waals surface area contributed by atoms with Crippen LogP contribution in [0.2, 0.25) is 0 Å². The van der Waals surface area contributed by atoms with Gasteiger partial charge < -0.3 is 18.0 Å². The first-order valence-electron chi connectivity index (χ1n) is 7.82. The lowest BCUT2D eigenvalue weighted by molar-refractivity contribution is 0.285. The van der Waals surface area contributed by atoms with Crippen LogP contribution >= 0.6 is 7.60 Å². The highest BCUT2D eigenvalue weighted by Gasteiger charge is 2.29. The molecule has 25 heavy (non-hydrogen) atoms. The average Bonchev–Trinajstić information content (AvgIpc) is 3.30. The molecule has 0 radical (unpaired) electrons. The molecule has 3 rings (SSSR count). The maximum Gasteiger partial charge on any atom is 0.377 e. The van der Waals surface area contributed by atoms with Gasteiger partial charge in [0.25, 0.3) is 0 Å². The van der Waals surface area contributed by atoms with E-state index in [9.17, 15) is 4.57 Å². The highest BCUT2D eigenvalue weighted by molar-refractivity contribution is 7.61. The first kappa shape index (κ1) is 17.5. The fraction of sp³-hybridized carbons (Fsp3) is 0.158. The van der Waals surface area contributed by atoms with Crippen molar-refractivity contribution in [1.82, 2.24) is 4.57 Å². The molecule has 0 aliphatic heterocycles. The Morgan fingerprint density at radius 3 is 2.48 bits per heavy atom. The standard InChI is InChI=1S/C19H20NO4P/c1-22-25(21,23-2)19-13-17(10-11-18-9-6-12-24-18)15-20(19)14-16-7-4-3-5-8-16/h3-13,15H,14H2,1-2H3/b11-10+. The quantitative estimate of drug-likeness (QED) is 0.588. The zero-order valence-electron chi connectivity index (χ0n) is 14.2. The van der Waals surface area contributed by atoms with Crippen LogP contribution in [-0.4, -0.2) is 18.8 Å². The third kappa shape index (κ3) is 4.02. The van der Waals surface area contributed by atoms with Gasteiger partial charge in [-0.3, -0.25) is 4.57 Å². The molecule has 6 heteroatoms. The molecule has 0 amide bonds. The van der Waals surface area contributed by atoms with E-state index in [1.165, 1.54) is 14.2 Å². The first-order valence-corrected chi connectivity index (χ1v) is 9.36. The van der Waals surface area contributed by atoms with Gasteiger partial charge in [0.1, 0.15) is 11.2 Å². The van der Waals surface area contributed by atoms with Gasteiger partial charge in [-0.1, -0.05) is 30.3 Å². The second-order valence-corrected chi connectivity index (χ2v) is 7.64. The van der Waals surface area contributed by atoms with E-state index in [0.29, 0.717) is 12.0 Å². The van der Waals surface area contributed by atoms with Gasteiger partial charge in [0.15, 0.2) is 0 Å². The van der Waals surface area contributed by atoms with Crippen LogP contribution in [0.1, 0.15) is 16.9 Å². The van der Waals surface area contributed by atoms with Gasteiger partial charge >= 0.3 is 7.60 Å². The minimum Gasteiger partial charge on any atom is -0.465 e. The zero-order chi connectivity index (χ0) is 17.7. The molecule has 5 nitrogen and oxygen atoms in total. The SMILES string of the molecule is COP(=O)(OC)c1cc(/C=C/c2ccco2)cn1Cc1ccccc1. The van der Waals surface area contributed by atoms with Crippen molar-refractivity contribution in [2.24, 2.45) is 0 Å². The highest BCUT2D eigenvalue weighted by Crippen LogP contribution is 2.45. The molecule has 2 aromatic heterocycles. The normalized spacial score (nSPS) is 12.1. The molecule has 1 aromatic carbocycles. The van der Waals surface area contributed by atoms with Crippen LogP contribution in [0.5, 0.6) is 0 Å². The molecule has 3 aromatic rings. The van der Waals surface area contributed by atoms with Gasteiger partial charge in [0, 0.05) is 27.0 Å². The number of hydrogen-bond acceptors (Lipinski definition) is 4. The first-order chi connectivity index (χ1) is 12.1. The van der Waals surface area contributed by atoms with E-state index in [4.69, 9.17) is 13.5 Å². The monoisotopic (exact) mass is 357 g/mol. The summed E-state index contributed by atoms with van der Waals surface area (Å²) < 4.78 is 30.5. The van der Waals surface area contributed by atoms with Crippen LogP contribution < -0.4 is 5.44 Å². The Kier molecular flexibility index (Phi) is 5.39. The molecule has 0 saturated carbocycles. The fourth-order valence-electron chi connectivity index (χ4n) is 2.58. The van der Waals surface area contributed by atoms with Crippen LogP contribution in [0.3, 0.4) is 0 Å². The van der Waals surface area contributed by atoms with E-state index >= 15 is 0 Å². The molecule has 2 heterocycles. The molecule has 0 aliphatic carbocycles. The van der Waals surface area contributed by atoms with Crippen LogP contribution in [0.25, 0.3) is 12.2 Å². The summed E-state index contributed by atoms with van der Waals surface area (Å²) in [4.78, 5) is 0. The zero-order valence-corrected chi connectivity index (χ0v) is 15.1. The van der Waals surface area contributed by atoms with E-state index in [1.807, 2.05) is 71.4 Å². The number of rotatable bonds is 7. The van der Waals surface area contributed by atoms with Crippen molar-refractivity contribution < 1.29 is 18.0 Å². The van der Waals surface area contributed by atoms with Crippen molar-refractivity contribution in [3.8, 4) is 0 Å². The van der Waals surface area contributed by atoms with Crippen molar-refractivity contribution in [2.75, 3.05) is 14.2 Å². The fourth-order valence-corrected chi connectivity index (χ4v) is 3.85. The second-order valence-electron chi connectivity index (χ2n) is 5.46. The molecule has 0 unspecified atom stereocenters. The molecule has 0 saturated heterocycles. The van der Waals surface area contributed by atoms with Gasteiger partial charge in [0.2, 0.25) is 0 Å². The minimum atomic E-state index is -3.37.